The lowest BCUT2D eigenvalue weighted by Gasteiger charge is -2.06. The number of aliphatic hydroxyl groups excluding tert-OH is 1. The molecule has 0 saturated carbocycles. The maximum atomic E-state index is 8.97. The van der Waals surface area contributed by atoms with Crippen LogP contribution in [-0.2, 0) is 13.0 Å². The average Bonchev–Trinajstić information content (AvgIpc) is 2.42. The summed E-state index contributed by atoms with van der Waals surface area (Å²) < 4.78 is 5.57. The van der Waals surface area contributed by atoms with Crippen LogP contribution in [0.3, 0.4) is 0 Å². The molecule has 94 valence electrons. The zero-order valence-corrected chi connectivity index (χ0v) is 10.3. The van der Waals surface area contributed by atoms with Crippen molar-refractivity contribution in [1.29, 1.82) is 0 Å². The molecule has 0 atom stereocenters. The number of aromatic nitrogens is 2. The molecule has 2 aromatic rings. The number of hydrogen-bond donors (Lipinski definition) is 1. The number of aliphatic hydroxyl groups is 1. The first-order valence-corrected chi connectivity index (χ1v) is 6.00. The maximum absolute atomic E-state index is 8.97. The molecule has 2 rings (SSSR count). The van der Waals surface area contributed by atoms with Gasteiger partial charge in [0.2, 0.25) is 5.88 Å². The van der Waals surface area contributed by atoms with Crippen LogP contribution in [0.2, 0.25) is 0 Å². The molecule has 1 N–H and O–H groups in total. The summed E-state index contributed by atoms with van der Waals surface area (Å²) in [6, 6.07) is 7.92. The Hall–Kier alpha value is -1.94. The molecular weight excluding hydrogens is 228 g/mol. The second kappa shape index (κ2) is 6.12. The van der Waals surface area contributed by atoms with Crippen molar-refractivity contribution >= 4 is 0 Å². The smallest absolute Gasteiger partial charge is 0.238 e. The van der Waals surface area contributed by atoms with E-state index in [1.165, 1.54) is 18.0 Å². The van der Waals surface area contributed by atoms with Gasteiger partial charge < -0.3 is 9.84 Å². The summed E-state index contributed by atoms with van der Waals surface area (Å²) in [5.74, 6) is 1.11. The third kappa shape index (κ3) is 3.28. The first-order chi connectivity index (χ1) is 8.81. The minimum absolute atomic E-state index is 0.139. The lowest BCUT2D eigenvalue weighted by atomic mass is 10.1. The van der Waals surface area contributed by atoms with Gasteiger partial charge >= 0.3 is 0 Å². The number of hydrogen-bond acceptors (Lipinski definition) is 4. The van der Waals surface area contributed by atoms with Crippen LogP contribution in [0.15, 0.2) is 36.7 Å². The molecule has 0 spiro atoms. The predicted molar refractivity (Wildman–Crippen MR) is 68.5 cm³/mol. The second-order valence-corrected chi connectivity index (χ2v) is 4.00. The van der Waals surface area contributed by atoms with Crippen LogP contribution in [0.4, 0.5) is 0 Å². The molecule has 1 aromatic carbocycles. The summed E-state index contributed by atoms with van der Waals surface area (Å²) in [6.07, 6.45) is 5.24. The van der Waals surface area contributed by atoms with Gasteiger partial charge in [-0.15, -0.1) is 0 Å². The minimum atomic E-state index is -0.139. The Labute approximate surface area is 106 Å². The third-order valence-electron chi connectivity index (χ3n) is 2.51. The average molecular weight is 244 g/mol. The first-order valence-electron chi connectivity index (χ1n) is 6.00. The summed E-state index contributed by atoms with van der Waals surface area (Å²) in [5, 5.41) is 8.97. The molecular formula is C14H16N2O2. The normalized spacial score (nSPS) is 10.3. The van der Waals surface area contributed by atoms with Gasteiger partial charge in [0.05, 0.1) is 24.7 Å². The van der Waals surface area contributed by atoms with Gasteiger partial charge in [0.1, 0.15) is 5.75 Å². The Kier molecular flexibility index (Phi) is 4.25. The molecule has 0 unspecified atom stereocenters. The van der Waals surface area contributed by atoms with Crippen LogP contribution < -0.4 is 4.74 Å². The van der Waals surface area contributed by atoms with Gasteiger partial charge in [-0.2, -0.15) is 0 Å². The van der Waals surface area contributed by atoms with E-state index >= 15 is 0 Å². The van der Waals surface area contributed by atoms with Crippen molar-refractivity contribution in [2.75, 3.05) is 0 Å². The summed E-state index contributed by atoms with van der Waals surface area (Å²) in [4.78, 5) is 8.06. The highest BCUT2D eigenvalue weighted by atomic mass is 16.5. The van der Waals surface area contributed by atoms with Crippen molar-refractivity contribution in [3.05, 3.63) is 47.9 Å². The molecule has 0 aliphatic rings. The first kappa shape index (κ1) is 12.5. The standard InChI is InChI=1S/C14H16N2O2/c1-2-3-11-4-6-13(7-5-11)18-14-9-15-8-12(10-17)16-14/h4-9,17H,2-3,10H2,1H3. The summed E-state index contributed by atoms with van der Waals surface area (Å²) in [7, 11) is 0. The number of aryl methyl sites for hydroxylation is 1. The SMILES string of the molecule is CCCc1ccc(Oc2cncc(CO)n2)cc1. The van der Waals surface area contributed by atoms with Crippen LogP contribution in [0.5, 0.6) is 11.6 Å². The molecule has 4 nitrogen and oxygen atoms in total. The minimum Gasteiger partial charge on any atom is -0.437 e. The summed E-state index contributed by atoms with van der Waals surface area (Å²) in [6.45, 7) is 2.01. The van der Waals surface area contributed by atoms with E-state index in [0.29, 0.717) is 11.6 Å². The lowest BCUT2D eigenvalue weighted by Crippen LogP contribution is -1.95. The van der Waals surface area contributed by atoms with Gasteiger partial charge in [-0.1, -0.05) is 25.5 Å². The molecule has 0 fully saturated rings. The molecule has 0 saturated heterocycles. The molecule has 0 radical (unpaired) electrons. The fourth-order valence-corrected chi connectivity index (χ4v) is 1.65. The van der Waals surface area contributed by atoms with Crippen LogP contribution in [0, 0.1) is 0 Å². The van der Waals surface area contributed by atoms with Crippen LogP contribution >= 0.6 is 0 Å². The monoisotopic (exact) mass is 244 g/mol. The van der Waals surface area contributed by atoms with E-state index in [1.54, 1.807) is 0 Å². The highest BCUT2D eigenvalue weighted by Crippen LogP contribution is 2.19. The molecule has 0 amide bonds. The van der Waals surface area contributed by atoms with E-state index in [0.717, 1.165) is 18.6 Å². The Morgan fingerprint density at radius 2 is 1.94 bits per heavy atom. The topological polar surface area (TPSA) is 55.2 Å². The molecule has 1 heterocycles. The fraction of sp³-hybridized carbons (Fsp3) is 0.286. The van der Waals surface area contributed by atoms with E-state index < -0.39 is 0 Å². The van der Waals surface area contributed by atoms with E-state index in [9.17, 15) is 0 Å². The molecule has 1 aromatic heterocycles. The van der Waals surface area contributed by atoms with E-state index in [2.05, 4.69) is 16.9 Å². The number of ether oxygens (including phenoxy) is 1. The molecule has 18 heavy (non-hydrogen) atoms. The fourth-order valence-electron chi connectivity index (χ4n) is 1.65. The number of nitrogens with zero attached hydrogens (tertiary/aromatic N) is 2. The van der Waals surface area contributed by atoms with E-state index in [4.69, 9.17) is 9.84 Å². The second-order valence-electron chi connectivity index (χ2n) is 4.00. The Morgan fingerprint density at radius 1 is 1.17 bits per heavy atom. The van der Waals surface area contributed by atoms with Crippen molar-refractivity contribution in [3.63, 3.8) is 0 Å². The van der Waals surface area contributed by atoms with Crippen LogP contribution in [-0.4, -0.2) is 15.1 Å². The highest BCUT2D eigenvalue weighted by molar-refractivity contribution is 5.30. The van der Waals surface area contributed by atoms with Gasteiger partial charge in [0, 0.05) is 0 Å². The van der Waals surface area contributed by atoms with Gasteiger partial charge in [-0.3, -0.25) is 4.98 Å². The highest BCUT2D eigenvalue weighted by Gasteiger charge is 2.01. The zero-order chi connectivity index (χ0) is 12.8. The molecule has 0 aliphatic carbocycles. The van der Waals surface area contributed by atoms with Gasteiger partial charge in [-0.05, 0) is 24.1 Å². The Balaban J connectivity index is 2.08. The Bertz CT molecular complexity index is 497. The van der Waals surface area contributed by atoms with Gasteiger partial charge in [-0.25, -0.2) is 4.98 Å². The van der Waals surface area contributed by atoms with Crippen LogP contribution in [0.1, 0.15) is 24.6 Å². The third-order valence-corrected chi connectivity index (χ3v) is 2.51. The largest absolute Gasteiger partial charge is 0.437 e. The molecule has 4 heteroatoms. The van der Waals surface area contributed by atoms with Gasteiger partial charge in [0.15, 0.2) is 0 Å². The Morgan fingerprint density at radius 3 is 2.61 bits per heavy atom. The number of benzene rings is 1. The van der Waals surface area contributed by atoms with Crippen LogP contribution in [0.25, 0.3) is 0 Å². The van der Waals surface area contributed by atoms with Crippen molar-refractivity contribution in [3.8, 4) is 11.6 Å². The molecule has 0 bridgehead atoms. The number of rotatable bonds is 5. The summed E-state index contributed by atoms with van der Waals surface area (Å²) >= 11 is 0. The van der Waals surface area contributed by atoms with Crippen molar-refractivity contribution in [2.45, 2.75) is 26.4 Å². The lowest BCUT2D eigenvalue weighted by molar-refractivity contribution is 0.274. The van der Waals surface area contributed by atoms with Crippen molar-refractivity contribution < 1.29 is 9.84 Å². The van der Waals surface area contributed by atoms with Crippen molar-refractivity contribution in [1.82, 2.24) is 9.97 Å². The van der Waals surface area contributed by atoms with E-state index in [-0.39, 0.29) is 6.61 Å². The predicted octanol–water partition coefficient (Wildman–Crippen LogP) is 2.71. The van der Waals surface area contributed by atoms with Gasteiger partial charge in [0.25, 0.3) is 0 Å². The molecule has 0 aliphatic heterocycles. The quantitative estimate of drug-likeness (QED) is 0.878. The zero-order valence-electron chi connectivity index (χ0n) is 10.3. The summed E-state index contributed by atoms with van der Waals surface area (Å²) in [5.41, 5.74) is 1.79. The van der Waals surface area contributed by atoms with Crippen molar-refractivity contribution in [2.24, 2.45) is 0 Å². The maximum Gasteiger partial charge on any atom is 0.238 e. The van der Waals surface area contributed by atoms with E-state index in [1.807, 2.05) is 24.3 Å².